The molecule has 166 valence electrons. The Labute approximate surface area is 177 Å². The SMILES string of the molecule is C=C(CCC(COCCC#N)OC(=O)C(=C)CCCOCCOCCC#N)C(=O)O. The summed E-state index contributed by atoms with van der Waals surface area (Å²) in [5.41, 5.74) is 0.295. The fourth-order valence-electron chi connectivity index (χ4n) is 2.12. The first-order chi connectivity index (χ1) is 14.4. The number of carbonyl (C=O) groups is 2. The number of hydrogen-bond donors (Lipinski definition) is 1. The average molecular weight is 422 g/mol. The first-order valence-electron chi connectivity index (χ1n) is 9.69. The molecule has 1 atom stereocenters. The first kappa shape index (κ1) is 27.3. The Morgan fingerprint density at radius 3 is 2.07 bits per heavy atom. The van der Waals surface area contributed by atoms with Crippen LogP contribution in [0.1, 0.15) is 38.5 Å². The maximum absolute atomic E-state index is 12.2. The van der Waals surface area contributed by atoms with E-state index in [1.807, 2.05) is 12.1 Å². The number of esters is 1. The zero-order chi connectivity index (χ0) is 22.6. The van der Waals surface area contributed by atoms with E-state index >= 15 is 0 Å². The largest absolute Gasteiger partial charge is 0.478 e. The number of ether oxygens (including phenoxy) is 4. The highest BCUT2D eigenvalue weighted by molar-refractivity contribution is 5.88. The molecule has 0 saturated heterocycles. The molecule has 1 unspecified atom stereocenters. The smallest absolute Gasteiger partial charge is 0.333 e. The van der Waals surface area contributed by atoms with Crippen molar-refractivity contribution < 1.29 is 33.6 Å². The van der Waals surface area contributed by atoms with Crippen LogP contribution in [0, 0.1) is 22.7 Å². The Hall–Kier alpha value is -2.72. The molecule has 0 aliphatic carbocycles. The molecule has 0 rings (SSSR count). The second-order valence-corrected chi connectivity index (χ2v) is 6.30. The lowest BCUT2D eigenvalue weighted by Crippen LogP contribution is -2.25. The summed E-state index contributed by atoms with van der Waals surface area (Å²) in [5, 5.41) is 25.8. The normalized spacial score (nSPS) is 11.1. The van der Waals surface area contributed by atoms with Gasteiger partial charge in [0.2, 0.25) is 0 Å². The third kappa shape index (κ3) is 15.2. The number of nitrogens with zero attached hydrogens (tertiary/aromatic N) is 2. The molecule has 0 fully saturated rings. The van der Waals surface area contributed by atoms with E-state index in [1.165, 1.54) is 0 Å². The Kier molecular flexibility index (Phi) is 16.7. The van der Waals surface area contributed by atoms with Gasteiger partial charge >= 0.3 is 11.9 Å². The summed E-state index contributed by atoms with van der Waals surface area (Å²) in [6.45, 7) is 9.05. The Balaban J connectivity index is 4.21. The van der Waals surface area contributed by atoms with Crippen molar-refractivity contribution in [2.75, 3.05) is 39.6 Å². The molecule has 9 nitrogen and oxygen atoms in total. The topological polar surface area (TPSA) is 139 Å². The van der Waals surface area contributed by atoms with Crippen molar-refractivity contribution in [3.8, 4) is 12.1 Å². The molecule has 0 heterocycles. The van der Waals surface area contributed by atoms with E-state index in [0.29, 0.717) is 45.7 Å². The molecule has 0 aromatic heterocycles. The number of nitriles is 2. The molecule has 0 amide bonds. The highest BCUT2D eigenvalue weighted by atomic mass is 16.6. The first-order valence-corrected chi connectivity index (χ1v) is 9.69. The lowest BCUT2D eigenvalue weighted by atomic mass is 10.1. The molecule has 0 aromatic rings. The maximum Gasteiger partial charge on any atom is 0.333 e. The van der Waals surface area contributed by atoms with E-state index in [0.717, 1.165) is 0 Å². The summed E-state index contributed by atoms with van der Waals surface area (Å²) >= 11 is 0. The van der Waals surface area contributed by atoms with E-state index < -0.39 is 18.0 Å². The van der Waals surface area contributed by atoms with Crippen LogP contribution in [0.3, 0.4) is 0 Å². The third-order valence-electron chi connectivity index (χ3n) is 3.79. The Morgan fingerprint density at radius 1 is 0.867 bits per heavy atom. The predicted molar refractivity (Wildman–Crippen MR) is 107 cm³/mol. The number of hydrogen-bond acceptors (Lipinski definition) is 8. The molecule has 30 heavy (non-hydrogen) atoms. The molecule has 0 aliphatic rings. The van der Waals surface area contributed by atoms with Crippen molar-refractivity contribution >= 4 is 11.9 Å². The molecule has 0 spiro atoms. The van der Waals surface area contributed by atoms with Crippen LogP contribution in [-0.4, -0.2) is 62.8 Å². The van der Waals surface area contributed by atoms with Gasteiger partial charge < -0.3 is 24.1 Å². The standard InChI is InChI=1S/C21H30N2O7/c1-17(20(24)25)7-8-19(16-29-13-5-10-23)30-21(26)18(2)6-3-11-27-14-15-28-12-4-9-22/h19H,1-8,11-16H2,(H,24,25). The Bertz CT molecular complexity index is 634. The number of carboxylic acid groups (broad SMARTS) is 1. The lowest BCUT2D eigenvalue weighted by molar-refractivity contribution is -0.148. The van der Waals surface area contributed by atoms with Gasteiger partial charge in [0.25, 0.3) is 0 Å². The summed E-state index contributed by atoms with van der Waals surface area (Å²) in [4.78, 5) is 23.1. The van der Waals surface area contributed by atoms with Crippen molar-refractivity contribution in [1.82, 2.24) is 0 Å². The minimum absolute atomic E-state index is 0.0145. The van der Waals surface area contributed by atoms with Gasteiger partial charge in [0.1, 0.15) is 6.10 Å². The minimum atomic E-state index is -1.11. The van der Waals surface area contributed by atoms with Crippen LogP contribution in [0.2, 0.25) is 0 Å². The molecule has 0 bridgehead atoms. The second-order valence-electron chi connectivity index (χ2n) is 6.30. The van der Waals surface area contributed by atoms with Crippen LogP contribution in [0.5, 0.6) is 0 Å². The second kappa shape index (κ2) is 18.3. The molecule has 0 saturated carbocycles. The fourth-order valence-corrected chi connectivity index (χ4v) is 2.12. The molecular weight excluding hydrogens is 392 g/mol. The quantitative estimate of drug-likeness (QED) is 0.189. The van der Waals surface area contributed by atoms with Gasteiger partial charge in [-0.1, -0.05) is 13.2 Å². The van der Waals surface area contributed by atoms with E-state index in [-0.39, 0.29) is 43.6 Å². The Morgan fingerprint density at radius 2 is 1.47 bits per heavy atom. The van der Waals surface area contributed by atoms with Crippen molar-refractivity contribution in [2.24, 2.45) is 0 Å². The van der Waals surface area contributed by atoms with Gasteiger partial charge in [-0.3, -0.25) is 0 Å². The highest BCUT2D eigenvalue weighted by Crippen LogP contribution is 2.13. The fraction of sp³-hybridized carbons (Fsp3) is 0.619. The van der Waals surface area contributed by atoms with E-state index in [1.54, 1.807) is 0 Å². The zero-order valence-corrected chi connectivity index (χ0v) is 17.3. The van der Waals surface area contributed by atoms with Gasteiger partial charge in [-0.2, -0.15) is 10.5 Å². The van der Waals surface area contributed by atoms with E-state index in [4.69, 9.17) is 34.6 Å². The van der Waals surface area contributed by atoms with Gasteiger partial charge in [-0.15, -0.1) is 0 Å². The summed E-state index contributed by atoms with van der Waals surface area (Å²) in [6, 6.07) is 3.92. The van der Waals surface area contributed by atoms with Crippen LogP contribution in [0.25, 0.3) is 0 Å². The molecule has 0 radical (unpaired) electrons. The van der Waals surface area contributed by atoms with Gasteiger partial charge in [-0.25, -0.2) is 9.59 Å². The summed E-state index contributed by atoms with van der Waals surface area (Å²) in [6.07, 6.45) is 1.24. The van der Waals surface area contributed by atoms with E-state index in [2.05, 4.69) is 13.2 Å². The van der Waals surface area contributed by atoms with Gasteiger partial charge in [0.15, 0.2) is 0 Å². The number of carbonyl (C=O) groups excluding carboxylic acids is 1. The maximum atomic E-state index is 12.2. The summed E-state index contributed by atoms with van der Waals surface area (Å²) in [5.74, 6) is -1.69. The lowest BCUT2D eigenvalue weighted by Gasteiger charge is -2.18. The average Bonchev–Trinajstić information content (AvgIpc) is 2.72. The van der Waals surface area contributed by atoms with Gasteiger partial charge in [0, 0.05) is 17.8 Å². The van der Waals surface area contributed by atoms with Crippen LogP contribution in [0.4, 0.5) is 0 Å². The molecule has 1 N–H and O–H groups in total. The predicted octanol–water partition coefficient (Wildman–Crippen LogP) is 2.53. The molecular formula is C21H30N2O7. The summed E-state index contributed by atoms with van der Waals surface area (Å²) < 4.78 is 21.3. The number of carboxylic acids is 1. The van der Waals surface area contributed by atoms with Crippen LogP contribution < -0.4 is 0 Å². The van der Waals surface area contributed by atoms with Crippen LogP contribution in [0.15, 0.2) is 24.3 Å². The highest BCUT2D eigenvalue weighted by Gasteiger charge is 2.18. The van der Waals surface area contributed by atoms with Crippen LogP contribution in [-0.2, 0) is 28.5 Å². The number of rotatable bonds is 19. The van der Waals surface area contributed by atoms with Crippen molar-refractivity contribution in [1.29, 1.82) is 10.5 Å². The van der Waals surface area contributed by atoms with E-state index in [9.17, 15) is 9.59 Å². The zero-order valence-electron chi connectivity index (χ0n) is 17.3. The van der Waals surface area contributed by atoms with Gasteiger partial charge in [0.05, 0.1) is 58.0 Å². The van der Waals surface area contributed by atoms with Crippen LogP contribution >= 0.6 is 0 Å². The van der Waals surface area contributed by atoms with Crippen molar-refractivity contribution in [3.63, 3.8) is 0 Å². The molecule has 0 aromatic carbocycles. The third-order valence-corrected chi connectivity index (χ3v) is 3.79. The minimum Gasteiger partial charge on any atom is -0.478 e. The van der Waals surface area contributed by atoms with Crippen molar-refractivity contribution in [2.45, 2.75) is 44.6 Å². The van der Waals surface area contributed by atoms with Gasteiger partial charge in [-0.05, 0) is 25.7 Å². The number of aliphatic carboxylic acids is 1. The molecule has 0 aliphatic heterocycles. The molecule has 9 heteroatoms. The van der Waals surface area contributed by atoms with Crippen molar-refractivity contribution in [3.05, 3.63) is 24.3 Å². The summed E-state index contributed by atoms with van der Waals surface area (Å²) in [7, 11) is 0. The monoisotopic (exact) mass is 422 g/mol.